The molecular weight excluding hydrogens is 278 g/mol. The van der Waals surface area contributed by atoms with Gasteiger partial charge in [0.15, 0.2) is 0 Å². The van der Waals surface area contributed by atoms with E-state index < -0.39 is 10.0 Å². The lowest BCUT2D eigenvalue weighted by atomic mass is 10.2. The third kappa shape index (κ3) is 3.58. The normalized spacial score (nSPS) is 11.6. The van der Waals surface area contributed by atoms with Crippen LogP contribution < -0.4 is 4.72 Å². The zero-order valence-electron chi connectivity index (χ0n) is 11.4. The highest BCUT2D eigenvalue weighted by Crippen LogP contribution is 2.16. The molecule has 0 unspecified atom stereocenters. The molecule has 0 aliphatic heterocycles. The van der Waals surface area contributed by atoms with Gasteiger partial charge >= 0.3 is 0 Å². The highest BCUT2D eigenvalue weighted by molar-refractivity contribution is 7.91. The molecule has 108 valence electrons. The quantitative estimate of drug-likeness (QED) is 0.867. The molecule has 2 aromatic rings. The summed E-state index contributed by atoms with van der Waals surface area (Å²) < 4.78 is 28.3. The lowest BCUT2D eigenvalue weighted by molar-refractivity contribution is 0.282. The van der Waals surface area contributed by atoms with Crippen LogP contribution in [0, 0.1) is 6.92 Å². The fourth-order valence-corrected chi connectivity index (χ4v) is 3.10. The van der Waals surface area contributed by atoms with Crippen molar-refractivity contribution in [3.8, 4) is 0 Å². The van der Waals surface area contributed by atoms with Gasteiger partial charge in [-0.2, -0.15) is 5.10 Å². The van der Waals surface area contributed by atoms with Gasteiger partial charge in [-0.25, -0.2) is 8.42 Å². The Balaban J connectivity index is 2.12. The van der Waals surface area contributed by atoms with E-state index in [0.29, 0.717) is 16.9 Å². The van der Waals surface area contributed by atoms with Crippen molar-refractivity contribution in [3.05, 3.63) is 47.3 Å². The van der Waals surface area contributed by atoms with Crippen LogP contribution in [0.25, 0.3) is 0 Å². The first kappa shape index (κ1) is 14.5. The van der Waals surface area contributed by atoms with Crippen LogP contribution in [0.4, 0.5) is 5.69 Å². The molecule has 20 heavy (non-hydrogen) atoms. The average Bonchev–Trinajstić information content (AvgIpc) is 2.67. The van der Waals surface area contributed by atoms with Gasteiger partial charge in [-0.05, 0) is 18.1 Å². The maximum absolute atomic E-state index is 12.1. The molecule has 0 saturated carbocycles. The minimum Gasteiger partial charge on any atom is -0.392 e. The van der Waals surface area contributed by atoms with E-state index in [1.54, 1.807) is 49.1 Å². The summed E-state index contributed by atoms with van der Waals surface area (Å²) in [6.07, 6.45) is 1.63. The lowest BCUT2D eigenvalue weighted by Crippen LogP contribution is -2.15. The minimum atomic E-state index is -3.48. The number of anilines is 1. The van der Waals surface area contributed by atoms with E-state index in [-0.39, 0.29) is 12.4 Å². The zero-order chi connectivity index (χ0) is 14.8. The average molecular weight is 295 g/mol. The van der Waals surface area contributed by atoms with E-state index in [1.165, 1.54) is 0 Å². The van der Waals surface area contributed by atoms with Crippen LogP contribution in [-0.2, 0) is 29.4 Å². The second-order valence-corrected chi connectivity index (χ2v) is 6.36. The van der Waals surface area contributed by atoms with E-state index in [2.05, 4.69) is 9.82 Å². The topological polar surface area (TPSA) is 84.2 Å². The van der Waals surface area contributed by atoms with Crippen molar-refractivity contribution in [2.75, 3.05) is 4.72 Å². The molecule has 0 atom stereocenters. The number of nitrogens with zero attached hydrogens (tertiary/aromatic N) is 2. The van der Waals surface area contributed by atoms with Crippen LogP contribution in [0.2, 0.25) is 0 Å². The van der Waals surface area contributed by atoms with E-state index in [4.69, 9.17) is 5.11 Å². The molecule has 1 heterocycles. The predicted octanol–water partition coefficient (Wildman–Crippen LogP) is 1.16. The van der Waals surface area contributed by atoms with Crippen molar-refractivity contribution in [2.45, 2.75) is 19.3 Å². The van der Waals surface area contributed by atoms with Crippen LogP contribution in [0.3, 0.4) is 0 Å². The van der Waals surface area contributed by atoms with Crippen LogP contribution in [0.15, 0.2) is 30.5 Å². The number of sulfonamides is 1. The molecular formula is C13H17N3O3S. The molecule has 0 bridgehead atoms. The number of aromatic nitrogens is 2. The van der Waals surface area contributed by atoms with Crippen molar-refractivity contribution in [2.24, 2.45) is 7.05 Å². The van der Waals surface area contributed by atoms with Crippen LogP contribution in [0.5, 0.6) is 0 Å². The van der Waals surface area contributed by atoms with Gasteiger partial charge in [-0.1, -0.05) is 24.3 Å². The van der Waals surface area contributed by atoms with Gasteiger partial charge in [-0.15, -0.1) is 0 Å². The summed E-state index contributed by atoms with van der Waals surface area (Å²) >= 11 is 0. The van der Waals surface area contributed by atoms with Gasteiger partial charge < -0.3 is 5.11 Å². The first-order valence-corrected chi connectivity index (χ1v) is 7.74. The van der Waals surface area contributed by atoms with Crippen LogP contribution in [0.1, 0.15) is 16.8 Å². The summed E-state index contributed by atoms with van der Waals surface area (Å²) in [5.41, 5.74) is 2.53. The molecule has 7 heteroatoms. The van der Waals surface area contributed by atoms with Gasteiger partial charge in [0.2, 0.25) is 10.0 Å². The Bertz CT molecular complexity index is 690. The number of hydrogen-bond donors (Lipinski definition) is 2. The third-order valence-corrected chi connectivity index (χ3v) is 4.09. The van der Waals surface area contributed by atoms with Gasteiger partial charge in [-0.3, -0.25) is 9.40 Å². The maximum Gasteiger partial charge on any atom is 0.237 e. The Hall–Kier alpha value is -1.86. The summed E-state index contributed by atoms with van der Waals surface area (Å²) in [5.74, 6) is -0.118. The van der Waals surface area contributed by atoms with Crippen LogP contribution >= 0.6 is 0 Å². The molecule has 0 spiro atoms. The Morgan fingerprint density at radius 2 is 1.85 bits per heavy atom. The van der Waals surface area contributed by atoms with Crippen molar-refractivity contribution in [3.63, 3.8) is 0 Å². The molecule has 1 aromatic carbocycles. The first-order chi connectivity index (χ1) is 9.39. The largest absolute Gasteiger partial charge is 0.392 e. The Morgan fingerprint density at radius 3 is 2.35 bits per heavy atom. The lowest BCUT2D eigenvalue weighted by Gasteiger charge is -2.07. The summed E-state index contributed by atoms with van der Waals surface area (Å²) in [4.78, 5) is 0. The zero-order valence-corrected chi connectivity index (χ0v) is 12.2. The van der Waals surface area contributed by atoms with Gasteiger partial charge in [0, 0.05) is 13.2 Å². The molecule has 0 radical (unpaired) electrons. The number of aliphatic hydroxyl groups is 1. The van der Waals surface area contributed by atoms with Gasteiger partial charge in [0.1, 0.15) is 0 Å². The summed E-state index contributed by atoms with van der Waals surface area (Å²) in [7, 11) is -1.75. The Kier molecular flexibility index (Phi) is 4.10. The molecule has 2 rings (SSSR count). The smallest absolute Gasteiger partial charge is 0.237 e. The molecule has 1 aromatic heterocycles. The van der Waals surface area contributed by atoms with Gasteiger partial charge in [0.05, 0.1) is 23.7 Å². The van der Waals surface area contributed by atoms with E-state index >= 15 is 0 Å². The highest BCUT2D eigenvalue weighted by atomic mass is 32.2. The van der Waals surface area contributed by atoms with E-state index in [0.717, 1.165) is 5.56 Å². The monoisotopic (exact) mass is 295 g/mol. The van der Waals surface area contributed by atoms with Crippen molar-refractivity contribution < 1.29 is 13.5 Å². The minimum absolute atomic E-state index is 0.0554. The van der Waals surface area contributed by atoms with E-state index in [1.807, 2.05) is 0 Å². The van der Waals surface area contributed by atoms with Crippen molar-refractivity contribution in [1.82, 2.24) is 9.78 Å². The number of aryl methyl sites for hydroxylation is 2. The fourth-order valence-electron chi connectivity index (χ4n) is 1.86. The number of rotatable bonds is 5. The fraction of sp³-hybridized carbons (Fsp3) is 0.308. The molecule has 0 aliphatic carbocycles. The number of hydrogen-bond acceptors (Lipinski definition) is 4. The standard InChI is InChI=1S/C13H17N3O3S/c1-10-13(7-16(2)14-10)15-20(18,19)9-12-5-3-11(8-17)4-6-12/h3-7,15,17H,8-9H2,1-2H3. The predicted molar refractivity (Wildman–Crippen MR) is 76.6 cm³/mol. The summed E-state index contributed by atoms with van der Waals surface area (Å²) in [6.45, 7) is 1.69. The summed E-state index contributed by atoms with van der Waals surface area (Å²) in [6, 6.07) is 6.81. The second-order valence-electron chi connectivity index (χ2n) is 4.64. The van der Waals surface area contributed by atoms with Crippen molar-refractivity contribution in [1.29, 1.82) is 0 Å². The number of aliphatic hydroxyl groups excluding tert-OH is 1. The van der Waals surface area contributed by atoms with Crippen LogP contribution in [-0.4, -0.2) is 23.3 Å². The first-order valence-electron chi connectivity index (χ1n) is 6.09. The Labute approximate surface area is 118 Å². The molecule has 0 amide bonds. The Morgan fingerprint density at radius 1 is 1.25 bits per heavy atom. The van der Waals surface area contributed by atoms with E-state index in [9.17, 15) is 8.42 Å². The maximum atomic E-state index is 12.1. The highest BCUT2D eigenvalue weighted by Gasteiger charge is 2.14. The van der Waals surface area contributed by atoms with Crippen molar-refractivity contribution >= 4 is 15.7 Å². The molecule has 2 N–H and O–H groups in total. The molecule has 0 aliphatic rings. The third-order valence-electron chi connectivity index (χ3n) is 2.84. The molecule has 0 saturated heterocycles. The summed E-state index contributed by atoms with van der Waals surface area (Å²) in [5, 5.41) is 13.0. The molecule has 0 fully saturated rings. The SMILES string of the molecule is Cc1nn(C)cc1NS(=O)(=O)Cc1ccc(CO)cc1. The molecule has 6 nitrogen and oxygen atoms in total. The number of benzene rings is 1. The number of nitrogens with one attached hydrogen (secondary N) is 1. The van der Waals surface area contributed by atoms with Gasteiger partial charge in [0.25, 0.3) is 0 Å². The second kappa shape index (κ2) is 5.64.